The Hall–Kier alpha value is -1.71. The van der Waals surface area contributed by atoms with Crippen LogP contribution in [0.25, 0.3) is 21.3 Å². The van der Waals surface area contributed by atoms with Crippen LogP contribution in [0.5, 0.6) is 0 Å². The Kier molecular flexibility index (Phi) is 3.58. The van der Waals surface area contributed by atoms with Crippen LogP contribution in [-0.4, -0.2) is 18.6 Å². The van der Waals surface area contributed by atoms with E-state index in [-0.39, 0.29) is 0 Å². The van der Waals surface area contributed by atoms with Gasteiger partial charge < -0.3 is 5.32 Å². The highest BCUT2D eigenvalue weighted by molar-refractivity contribution is 7.13. The number of fused-ring (bicyclic) bond motifs is 1. The summed E-state index contributed by atoms with van der Waals surface area (Å²) in [6.07, 6.45) is 0.987. The maximum atomic E-state index is 4.70. The van der Waals surface area contributed by atoms with Gasteiger partial charge in [-0.1, -0.05) is 36.4 Å². The summed E-state index contributed by atoms with van der Waals surface area (Å²) in [4.78, 5) is 4.70. The number of hydrogen-bond acceptors (Lipinski definition) is 3. The van der Waals surface area contributed by atoms with E-state index in [1.165, 1.54) is 22.0 Å². The normalized spacial score (nSPS) is 11.0. The fraction of sp³-hybridized carbons (Fsp3) is 0.188. The summed E-state index contributed by atoms with van der Waals surface area (Å²) in [6.45, 7) is 0.973. The minimum atomic E-state index is 0.973. The van der Waals surface area contributed by atoms with Crippen LogP contribution < -0.4 is 5.32 Å². The molecule has 0 saturated heterocycles. The fourth-order valence-electron chi connectivity index (χ4n) is 2.13. The van der Waals surface area contributed by atoms with Crippen molar-refractivity contribution in [3.8, 4) is 10.6 Å². The summed E-state index contributed by atoms with van der Waals surface area (Å²) in [7, 11) is 1.97. The van der Waals surface area contributed by atoms with Crippen molar-refractivity contribution >= 4 is 22.1 Å². The summed E-state index contributed by atoms with van der Waals surface area (Å²) in [5.74, 6) is 0. The summed E-state index contributed by atoms with van der Waals surface area (Å²) < 4.78 is 0. The Morgan fingerprint density at radius 3 is 2.79 bits per heavy atom. The maximum Gasteiger partial charge on any atom is 0.123 e. The molecule has 2 nitrogen and oxygen atoms in total. The Morgan fingerprint density at radius 2 is 1.95 bits per heavy atom. The van der Waals surface area contributed by atoms with Crippen LogP contribution in [0.4, 0.5) is 0 Å². The average Bonchev–Trinajstić information content (AvgIpc) is 2.93. The summed E-state index contributed by atoms with van der Waals surface area (Å²) in [5, 5.41) is 8.96. The summed E-state index contributed by atoms with van der Waals surface area (Å²) in [5.41, 5.74) is 2.38. The monoisotopic (exact) mass is 268 g/mol. The van der Waals surface area contributed by atoms with Gasteiger partial charge in [0.05, 0.1) is 5.69 Å². The number of nitrogens with zero attached hydrogens (tertiary/aromatic N) is 1. The van der Waals surface area contributed by atoms with E-state index >= 15 is 0 Å². The number of aromatic nitrogens is 1. The van der Waals surface area contributed by atoms with Crippen molar-refractivity contribution in [1.82, 2.24) is 10.3 Å². The van der Waals surface area contributed by atoms with Crippen molar-refractivity contribution < 1.29 is 0 Å². The Bertz CT molecular complexity index is 688. The molecule has 19 heavy (non-hydrogen) atoms. The maximum absolute atomic E-state index is 4.70. The number of rotatable bonds is 4. The molecule has 3 heteroatoms. The molecule has 0 radical (unpaired) electrons. The fourth-order valence-corrected chi connectivity index (χ4v) is 2.98. The summed E-state index contributed by atoms with van der Waals surface area (Å²) in [6, 6.07) is 15.0. The predicted octanol–water partition coefficient (Wildman–Crippen LogP) is 3.73. The molecule has 1 heterocycles. The second-order valence-corrected chi connectivity index (χ2v) is 5.42. The van der Waals surface area contributed by atoms with E-state index in [1.54, 1.807) is 11.3 Å². The van der Waals surface area contributed by atoms with Crippen molar-refractivity contribution in [3.63, 3.8) is 0 Å². The van der Waals surface area contributed by atoms with E-state index < -0.39 is 0 Å². The van der Waals surface area contributed by atoms with Crippen molar-refractivity contribution in [2.24, 2.45) is 0 Å². The Morgan fingerprint density at radius 1 is 1.11 bits per heavy atom. The molecular formula is C16H16N2S. The highest BCUT2D eigenvalue weighted by atomic mass is 32.1. The van der Waals surface area contributed by atoms with E-state index in [0.29, 0.717) is 0 Å². The molecule has 0 bridgehead atoms. The van der Waals surface area contributed by atoms with Crippen LogP contribution in [0, 0.1) is 0 Å². The molecule has 0 saturated carbocycles. The largest absolute Gasteiger partial charge is 0.319 e. The highest BCUT2D eigenvalue weighted by Gasteiger charge is 2.05. The minimum absolute atomic E-state index is 0.973. The van der Waals surface area contributed by atoms with Crippen molar-refractivity contribution in [2.45, 2.75) is 6.42 Å². The van der Waals surface area contributed by atoms with Crippen LogP contribution in [0.15, 0.2) is 47.8 Å². The lowest BCUT2D eigenvalue weighted by Gasteiger charge is -2.00. The molecule has 0 spiro atoms. The van der Waals surface area contributed by atoms with Gasteiger partial charge in [0.25, 0.3) is 0 Å². The second kappa shape index (κ2) is 5.51. The van der Waals surface area contributed by atoms with Gasteiger partial charge in [0, 0.05) is 23.9 Å². The summed E-state index contributed by atoms with van der Waals surface area (Å²) >= 11 is 1.72. The van der Waals surface area contributed by atoms with Gasteiger partial charge in [0.15, 0.2) is 0 Å². The Balaban J connectivity index is 1.92. The molecule has 0 unspecified atom stereocenters. The van der Waals surface area contributed by atoms with Crippen LogP contribution >= 0.6 is 11.3 Å². The van der Waals surface area contributed by atoms with Crippen molar-refractivity contribution in [1.29, 1.82) is 0 Å². The molecule has 0 amide bonds. The predicted molar refractivity (Wildman–Crippen MR) is 82.7 cm³/mol. The first-order valence-corrected chi connectivity index (χ1v) is 7.33. The van der Waals surface area contributed by atoms with Crippen molar-refractivity contribution in [3.05, 3.63) is 53.5 Å². The van der Waals surface area contributed by atoms with Gasteiger partial charge in [-0.3, -0.25) is 0 Å². The number of likely N-dealkylation sites (N-methyl/N-ethyl adjacent to an activating group) is 1. The standard InChI is InChI=1S/C16H16N2S/c1-17-9-8-15-11-19-16(18-15)14-7-6-12-4-2-3-5-13(12)10-14/h2-7,10-11,17H,8-9H2,1H3. The van der Waals surface area contributed by atoms with Crippen LogP contribution in [0.3, 0.4) is 0 Å². The first-order valence-electron chi connectivity index (χ1n) is 6.45. The molecule has 1 N–H and O–H groups in total. The lowest BCUT2D eigenvalue weighted by atomic mass is 10.1. The van der Waals surface area contributed by atoms with E-state index in [0.717, 1.165) is 18.0 Å². The number of hydrogen-bond donors (Lipinski definition) is 1. The van der Waals surface area contributed by atoms with E-state index in [1.807, 2.05) is 7.05 Å². The topological polar surface area (TPSA) is 24.9 Å². The number of benzene rings is 2. The van der Waals surface area contributed by atoms with Crippen molar-refractivity contribution in [2.75, 3.05) is 13.6 Å². The quantitative estimate of drug-likeness (QED) is 0.780. The first kappa shape index (κ1) is 12.3. The second-order valence-electron chi connectivity index (χ2n) is 4.56. The first-order chi connectivity index (χ1) is 9.36. The molecule has 3 rings (SSSR count). The smallest absolute Gasteiger partial charge is 0.123 e. The van der Waals surface area contributed by atoms with Gasteiger partial charge in [-0.25, -0.2) is 4.98 Å². The molecule has 96 valence electrons. The molecular weight excluding hydrogens is 252 g/mol. The molecule has 0 aliphatic rings. The third-order valence-corrected chi connectivity index (χ3v) is 4.12. The zero-order valence-electron chi connectivity index (χ0n) is 10.9. The van der Waals surface area contributed by atoms with E-state index in [4.69, 9.17) is 4.98 Å². The average molecular weight is 268 g/mol. The molecule has 2 aromatic carbocycles. The SMILES string of the molecule is CNCCc1csc(-c2ccc3ccccc3c2)n1. The van der Waals surface area contributed by atoms with Crippen LogP contribution in [0.2, 0.25) is 0 Å². The number of nitrogens with one attached hydrogen (secondary N) is 1. The van der Waals surface area contributed by atoms with Gasteiger partial charge in [0.1, 0.15) is 5.01 Å². The molecule has 1 aromatic heterocycles. The van der Waals surface area contributed by atoms with E-state index in [9.17, 15) is 0 Å². The van der Waals surface area contributed by atoms with Gasteiger partial charge in [0.2, 0.25) is 0 Å². The zero-order chi connectivity index (χ0) is 13.1. The third kappa shape index (κ3) is 2.67. The van der Waals surface area contributed by atoms with Gasteiger partial charge >= 0.3 is 0 Å². The lowest BCUT2D eigenvalue weighted by Crippen LogP contribution is -2.10. The van der Waals surface area contributed by atoms with Gasteiger partial charge in [-0.15, -0.1) is 11.3 Å². The molecule has 3 aromatic rings. The molecule has 0 atom stereocenters. The lowest BCUT2D eigenvalue weighted by molar-refractivity contribution is 0.780. The zero-order valence-corrected chi connectivity index (χ0v) is 11.7. The molecule has 0 aliphatic heterocycles. The van der Waals surface area contributed by atoms with Gasteiger partial charge in [-0.05, 0) is 23.9 Å². The highest BCUT2D eigenvalue weighted by Crippen LogP contribution is 2.27. The van der Waals surface area contributed by atoms with Crippen LogP contribution in [-0.2, 0) is 6.42 Å². The Labute approximate surface area is 117 Å². The van der Waals surface area contributed by atoms with Gasteiger partial charge in [-0.2, -0.15) is 0 Å². The molecule has 0 fully saturated rings. The molecule has 0 aliphatic carbocycles. The van der Waals surface area contributed by atoms with Crippen LogP contribution in [0.1, 0.15) is 5.69 Å². The van der Waals surface area contributed by atoms with E-state index in [2.05, 4.69) is 53.2 Å². The number of thiazole rings is 1. The third-order valence-electron chi connectivity index (χ3n) is 3.18. The minimum Gasteiger partial charge on any atom is -0.319 e.